The molecule has 0 aromatic carbocycles. The maximum atomic E-state index is 11.9. The van der Waals surface area contributed by atoms with E-state index >= 15 is 0 Å². The van der Waals surface area contributed by atoms with Crippen LogP contribution < -0.4 is 10.2 Å². The van der Waals surface area contributed by atoms with E-state index in [4.69, 9.17) is 68.2 Å². The molecule has 1 atom stereocenters. The summed E-state index contributed by atoms with van der Waals surface area (Å²) in [5, 5.41) is 2.88. The van der Waals surface area contributed by atoms with Crippen LogP contribution in [0.15, 0.2) is 0 Å². The smallest absolute Gasteiger partial charge is 0.222 e. The van der Waals surface area contributed by atoms with Crippen molar-refractivity contribution in [2.45, 2.75) is 65.4 Å². The number of carbonyl (C=O) groups excluding carboxylic acids is 1. The van der Waals surface area contributed by atoms with Crippen LogP contribution in [0.1, 0.15) is 59.3 Å². The van der Waals surface area contributed by atoms with Crippen molar-refractivity contribution in [2.75, 3.05) is 145 Å². The van der Waals surface area contributed by atoms with E-state index in [1.54, 1.807) is 13.8 Å². The van der Waals surface area contributed by atoms with Gasteiger partial charge in [0.2, 0.25) is 5.91 Å². The summed E-state index contributed by atoms with van der Waals surface area (Å²) in [5.74, 6) is -0.0409. The monoisotopic (exact) mass is 764 g/mol. The van der Waals surface area contributed by atoms with Gasteiger partial charge in [-0.05, 0) is 33.1 Å². The van der Waals surface area contributed by atoms with Gasteiger partial charge in [0.15, 0.2) is 0 Å². The summed E-state index contributed by atoms with van der Waals surface area (Å²) in [6.45, 7) is 13.4. The standard InChI is InChI=1S/C33H68NO14PS/c1-4-11-37-14-16-39-18-20-41-22-24-43-26-28-45-30-31-46-29-27-44-25-23-42-21-19-40-17-15-38-13-9-33(35)34-10-7-5-6-8-12-47-49(36,50)48-32(2)3/h32H,4-31H2,1-3H3,(H,34,35)(H,36,50)/p-1. The molecular formula is C33H67NO14PS-. The van der Waals surface area contributed by atoms with Gasteiger partial charge >= 0.3 is 0 Å². The molecule has 50 heavy (non-hydrogen) atoms. The van der Waals surface area contributed by atoms with Crippen LogP contribution in [0.5, 0.6) is 0 Å². The minimum Gasteiger partial charge on any atom is -0.780 e. The molecule has 0 saturated carbocycles. The van der Waals surface area contributed by atoms with Gasteiger partial charge in [-0.3, -0.25) is 4.79 Å². The average molecular weight is 765 g/mol. The van der Waals surface area contributed by atoms with E-state index < -0.39 is 6.72 Å². The van der Waals surface area contributed by atoms with Crippen LogP contribution in [0.25, 0.3) is 0 Å². The summed E-state index contributed by atoms with van der Waals surface area (Å²) in [6, 6.07) is 0. The number of ether oxygens (including phenoxy) is 10. The largest absolute Gasteiger partial charge is 0.780 e. The van der Waals surface area contributed by atoms with Gasteiger partial charge in [-0.1, -0.05) is 31.6 Å². The van der Waals surface area contributed by atoms with E-state index in [1.807, 2.05) is 0 Å². The van der Waals surface area contributed by atoms with Crippen molar-refractivity contribution in [3.8, 4) is 0 Å². The maximum absolute atomic E-state index is 11.9. The van der Waals surface area contributed by atoms with Gasteiger partial charge in [0, 0.05) is 19.6 Å². The molecule has 0 heterocycles. The number of nitrogens with one attached hydrogen (secondary N) is 1. The summed E-state index contributed by atoms with van der Waals surface area (Å²) in [5.41, 5.74) is 0. The lowest BCUT2D eigenvalue weighted by Gasteiger charge is -2.29. The van der Waals surface area contributed by atoms with Crippen molar-refractivity contribution in [3.05, 3.63) is 0 Å². The van der Waals surface area contributed by atoms with Crippen LogP contribution in [0.3, 0.4) is 0 Å². The normalized spacial score (nSPS) is 12.9. The SMILES string of the molecule is CCCOCCOCCOCCOCCOCCOCCOCCOCCOCCOCCC(=O)NCCCCCCOP([O-])(=S)OC(C)C. The van der Waals surface area contributed by atoms with Crippen LogP contribution in [0.2, 0.25) is 0 Å². The molecule has 17 heteroatoms. The Balaban J connectivity index is 3.18. The van der Waals surface area contributed by atoms with Crippen LogP contribution >= 0.6 is 6.72 Å². The van der Waals surface area contributed by atoms with Gasteiger partial charge in [-0.2, -0.15) is 0 Å². The third-order valence-corrected chi connectivity index (χ3v) is 7.91. The first-order valence-electron chi connectivity index (χ1n) is 18.1. The molecule has 0 aromatic rings. The molecule has 0 aliphatic heterocycles. The Kier molecular flexibility index (Phi) is 39.5. The molecule has 1 amide bonds. The first-order valence-corrected chi connectivity index (χ1v) is 20.6. The Labute approximate surface area is 306 Å². The topological polar surface area (TPSA) is 163 Å². The molecule has 300 valence electrons. The molecule has 0 aliphatic rings. The predicted molar refractivity (Wildman–Crippen MR) is 191 cm³/mol. The Hall–Kier alpha value is -0.400. The fourth-order valence-corrected chi connectivity index (χ4v) is 5.42. The van der Waals surface area contributed by atoms with Gasteiger partial charge in [-0.15, -0.1) is 0 Å². The van der Waals surface area contributed by atoms with Gasteiger partial charge in [-0.25, -0.2) is 0 Å². The second-order valence-electron chi connectivity index (χ2n) is 11.1. The number of amides is 1. The van der Waals surface area contributed by atoms with E-state index in [1.165, 1.54) is 0 Å². The van der Waals surface area contributed by atoms with E-state index in [2.05, 4.69) is 12.2 Å². The van der Waals surface area contributed by atoms with Crippen LogP contribution in [0, 0.1) is 0 Å². The Bertz CT molecular complexity index is 759. The van der Waals surface area contributed by atoms with E-state index in [-0.39, 0.29) is 12.0 Å². The zero-order chi connectivity index (χ0) is 36.6. The molecule has 15 nitrogen and oxygen atoms in total. The van der Waals surface area contributed by atoms with Crippen LogP contribution in [-0.2, 0) is 73.0 Å². The number of hydrogen-bond donors (Lipinski definition) is 1. The lowest BCUT2D eigenvalue weighted by atomic mass is 10.2. The van der Waals surface area contributed by atoms with Crippen molar-refractivity contribution in [2.24, 2.45) is 0 Å². The zero-order valence-corrected chi connectivity index (χ0v) is 32.7. The molecule has 0 radical (unpaired) electrons. The van der Waals surface area contributed by atoms with Gasteiger partial charge in [0.1, 0.15) is 6.72 Å². The van der Waals surface area contributed by atoms with Crippen molar-refractivity contribution in [1.29, 1.82) is 0 Å². The lowest BCUT2D eigenvalue weighted by Crippen LogP contribution is -2.25. The predicted octanol–water partition coefficient (Wildman–Crippen LogP) is 2.66. The fourth-order valence-electron chi connectivity index (χ4n) is 3.75. The molecule has 0 fully saturated rings. The van der Waals surface area contributed by atoms with E-state index in [0.29, 0.717) is 145 Å². The lowest BCUT2D eigenvalue weighted by molar-refractivity contribution is -0.209. The Morgan fingerprint density at radius 1 is 0.540 bits per heavy atom. The summed E-state index contributed by atoms with van der Waals surface area (Å²) in [4.78, 5) is 23.7. The molecular weight excluding hydrogens is 697 g/mol. The molecule has 1 unspecified atom stereocenters. The minimum absolute atomic E-state index is 0.0409. The summed E-state index contributed by atoms with van der Waals surface area (Å²) < 4.78 is 64.7. The molecule has 0 spiro atoms. The highest BCUT2D eigenvalue weighted by Crippen LogP contribution is 2.40. The van der Waals surface area contributed by atoms with Crippen LogP contribution in [0.4, 0.5) is 0 Å². The van der Waals surface area contributed by atoms with Gasteiger partial charge in [0.25, 0.3) is 0 Å². The Morgan fingerprint density at radius 2 is 0.880 bits per heavy atom. The van der Waals surface area contributed by atoms with Crippen molar-refractivity contribution in [3.63, 3.8) is 0 Å². The highest BCUT2D eigenvalue weighted by atomic mass is 32.5. The summed E-state index contributed by atoms with van der Waals surface area (Å²) in [7, 11) is 0. The van der Waals surface area contributed by atoms with Gasteiger partial charge in [0.05, 0.1) is 138 Å². The Morgan fingerprint density at radius 3 is 1.24 bits per heavy atom. The number of carbonyl (C=O) groups is 1. The fraction of sp³-hybridized carbons (Fsp3) is 0.970. The first kappa shape index (κ1) is 49.6. The second kappa shape index (κ2) is 39.8. The summed E-state index contributed by atoms with van der Waals surface area (Å²) >= 11 is 4.82. The number of unbranched alkanes of at least 4 members (excludes halogenated alkanes) is 3. The van der Waals surface area contributed by atoms with Crippen molar-refractivity contribution < 1.29 is 66.1 Å². The van der Waals surface area contributed by atoms with Crippen molar-refractivity contribution >= 4 is 24.4 Å². The van der Waals surface area contributed by atoms with Gasteiger partial charge < -0.3 is 66.6 Å². The summed E-state index contributed by atoms with van der Waals surface area (Å²) in [6.07, 6.45) is 4.52. The first-order chi connectivity index (χ1) is 24.4. The zero-order valence-electron chi connectivity index (χ0n) is 30.9. The average Bonchev–Trinajstić information content (AvgIpc) is 3.07. The molecule has 0 saturated heterocycles. The molecule has 0 aromatic heterocycles. The third-order valence-electron chi connectivity index (χ3n) is 6.15. The van der Waals surface area contributed by atoms with E-state index in [9.17, 15) is 9.69 Å². The third kappa shape index (κ3) is 42.0. The molecule has 1 N–H and O–H groups in total. The molecule has 0 bridgehead atoms. The number of hydrogen-bond acceptors (Lipinski definition) is 15. The highest BCUT2D eigenvalue weighted by Gasteiger charge is 2.06. The number of rotatable bonds is 42. The van der Waals surface area contributed by atoms with Crippen LogP contribution in [-0.4, -0.2) is 157 Å². The second-order valence-corrected chi connectivity index (χ2v) is 13.8. The van der Waals surface area contributed by atoms with E-state index in [0.717, 1.165) is 38.7 Å². The van der Waals surface area contributed by atoms with Crippen molar-refractivity contribution in [1.82, 2.24) is 5.32 Å². The molecule has 0 aliphatic carbocycles. The quantitative estimate of drug-likeness (QED) is 0.0713. The maximum Gasteiger partial charge on any atom is 0.222 e. The minimum atomic E-state index is -3.38. The highest BCUT2D eigenvalue weighted by molar-refractivity contribution is 8.06. The molecule has 0 rings (SSSR count).